The van der Waals surface area contributed by atoms with E-state index in [4.69, 9.17) is 0 Å². The summed E-state index contributed by atoms with van der Waals surface area (Å²) in [6.45, 7) is 2.38. The molecule has 0 atom stereocenters. The number of anilines is 1. The molecule has 0 aliphatic rings. The molecular formula is C16H12BrFN2OS. The van der Waals surface area contributed by atoms with Crippen molar-refractivity contribution in [2.24, 2.45) is 0 Å². The van der Waals surface area contributed by atoms with E-state index in [2.05, 4.69) is 20.9 Å². The highest BCUT2D eigenvalue weighted by Gasteiger charge is 2.21. The molecule has 6 heteroatoms. The van der Waals surface area contributed by atoms with Gasteiger partial charge in [0, 0.05) is 11.0 Å². The van der Waals surface area contributed by atoms with Gasteiger partial charge in [-0.2, -0.15) is 0 Å². The lowest BCUT2D eigenvalue weighted by molar-refractivity contribution is 0.0987. The van der Waals surface area contributed by atoms with Crippen LogP contribution >= 0.6 is 27.3 Å². The molecule has 0 spiro atoms. The number of hydrogen-bond acceptors (Lipinski definition) is 3. The standard InChI is InChI=1S/C16H12BrFN2OS/c1-2-20(15(21)11-8-7-10(18)9-12(11)17)16-19-13-5-3-4-6-14(13)22-16/h3-9H,2H2,1H3. The summed E-state index contributed by atoms with van der Waals surface area (Å²) in [5.41, 5.74) is 1.29. The summed E-state index contributed by atoms with van der Waals surface area (Å²) in [6.07, 6.45) is 0. The molecule has 3 rings (SSSR count). The SMILES string of the molecule is CCN(C(=O)c1ccc(F)cc1Br)c1nc2ccccc2s1. The van der Waals surface area contributed by atoms with E-state index in [9.17, 15) is 9.18 Å². The highest BCUT2D eigenvalue weighted by Crippen LogP contribution is 2.30. The largest absolute Gasteiger partial charge is 0.284 e. The number of para-hydroxylation sites is 1. The van der Waals surface area contributed by atoms with Crippen LogP contribution in [0.1, 0.15) is 17.3 Å². The zero-order valence-corrected chi connectivity index (χ0v) is 14.1. The maximum atomic E-state index is 13.2. The van der Waals surface area contributed by atoms with E-state index < -0.39 is 0 Å². The van der Waals surface area contributed by atoms with E-state index in [1.165, 1.54) is 29.5 Å². The summed E-state index contributed by atoms with van der Waals surface area (Å²) in [4.78, 5) is 18.8. The molecule has 1 amide bonds. The molecule has 3 nitrogen and oxygen atoms in total. The van der Waals surface area contributed by atoms with Crippen molar-refractivity contribution < 1.29 is 9.18 Å². The van der Waals surface area contributed by atoms with Crippen LogP contribution in [0.3, 0.4) is 0 Å². The van der Waals surface area contributed by atoms with Gasteiger partial charge in [-0.1, -0.05) is 23.5 Å². The first-order valence-corrected chi connectivity index (χ1v) is 8.33. The van der Waals surface area contributed by atoms with Crippen molar-refractivity contribution in [3.8, 4) is 0 Å². The lowest BCUT2D eigenvalue weighted by atomic mass is 10.2. The molecule has 0 fully saturated rings. The molecule has 3 aromatic rings. The van der Waals surface area contributed by atoms with Gasteiger partial charge in [-0.3, -0.25) is 9.69 Å². The molecule has 112 valence electrons. The Morgan fingerprint density at radius 2 is 2.09 bits per heavy atom. The third kappa shape index (κ3) is 2.76. The Labute approximate surface area is 139 Å². The number of aromatic nitrogens is 1. The number of carbonyl (C=O) groups is 1. The van der Waals surface area contributed by atoms with Crippen molar-refractivity contribution in [1.82, 2.24) is 4.98 Å². The zero-order valence-electron chi connectivity index (χ0n) is 11.7. The quantitative estimate of drug-likeness (QED) is 0.651. The number of nitrogens with zero attached hydrogens (tertiary/aromatic N) is 2. The van der Waals surface area contributed by atoms with Crippen molar-refractivity contribution in [2.75, 3.05) is 11.4 Å². The second-order valence-corrected chi connectivity index (χ2v) is 6.50. The first kappa shape index (κ1) is 15.1. The first-order chi connectivity index (χ1) is 10.6. The molecular weight excluding hydrogens is 367 g/mol. The van der Waals surface area contributed by atoms with Crippen LogP contribution in [0.25, 0.3) is 10.2 Å². The van der Waals surface area contributed by atoms with E-state index in [1.54, 1.807) is 4.90 Å². The molecule has 0 aliphatic carbocycles. The normalized spacial score (nSPS) is 10.9. The number of hydrogen-bond donors (Lipinski definition) is 0. The van der Waals surface area contributed by atoms with Crippen LogP contribution < -0.4 is 4.90 Å². The lowest BCUT2D eigenvalue weighted by Crippen LogP contribution is -2.30. The van der Waals surface area contributed by atoms with E-state index in [0.29, 0.717) is 21.7 Å². The molecule has 1 aromatic heterocycles. The van der Waals surface area contributed by atoms with Gasteiger partial charge in [0.2, 0.25) is 0 Å². The van der Waals surface area contributed by atoms with E-state index in [-0.39, 0.29) is 11.7 Å². The van der Waals surface area contributed by atoms with E-state index in [0.717, 1.165) is 10.2 Å². The minimum Gasteiger partial charge on any atom is -0.284 e. The predicted molar refractivity (Wildman–Crippen MR) is 91.1 cm³/mol. The van der Waals surface area contributed by atoms with Gasteiger partial charge in [-0.15, -0.1) is 0 Å². The fourth-order valence-electron chi connectivity index (χ4n) is 2.15. The van der Waals surface area contributed by atoms with Crippen LogP contribution in [0.15, 0.2) is 46.9 Å². The van der Waals surface area contributed by atoms with Crippen LogP contribution in [0, 0.1) is 5.82 Å². The van der Waals surface area contributed by atoms with Gasteiger partial charge in [0.25, 0.3) is 5.91 Å². The second-order valence-electron chi connectivity index (χ2n) is 4.64. The summed E-state index contributed by atoms with van der Waals surface area (Å²) in [5.74, 6) is -0.583. The molecule has 0 saturated heterocycles. The number of halogens is 2. The average Bonchev–Trinajstić information content (AvgIpc) is 2.91. The first-order valence-electron chi connectivity index (χ1n) is 6.72. The number of fused-ring (bicyclic) bond motifs is 1. The molecule has 0 N–H and O–H groups in total. The third-order valence-corrected chi connectivity index (χ3v) is 4.95. The summed E-state index contributed by atoms with van der Waals surface area (Å²) < 4.78 is 14.7. The number of carbonyl (C=O) groups excluding carboxylic acids is 1. The van der Waals surface area contributed by atoms with Gasteiger partial charge < -0.3 is 0 Å². The molecule has 0 saturated carbocycles. The van der Waals surface area contributed by atoms with Crippen molar-refractivity contribution in [1.29, 1.82) is 0 Å². The monoisotopic (exact) mass is 378 g/mol. The maximum absolute atomic E-state index is 13.2. The van der Waals surface area contributed by atoms with Crippen molar-refractivity contribution in [2.45, 2.75) is 6.92 Å². The van der Waals surface area contributed by atoms with Gasteiger partial charge >= 0.3 is 0 Å². The maximum Gasteiger partial charge on any atom is 0.261 e. The van der Waals surface area contributed by atoms with Crippen molar-refractivity contribution >= 4 is 48.5 Å². The van der Waals surface area contributed by atoms with Crippen LogP contribution in [0.5, 0.6) is 0 Å². The highest BCUT2D eigenvalue weighted by atomic mass is 79.9. The molecule has 1 heterocycles. The molecule has 0 radical (unpaired) electrons. The van der Waals surface area contributed by atoms with E-state index >= 15 is 0 Å². The summed E-state index contributed by atoms with van der Waals surface area (Å²) in [5, 5.41) is 0.643. The Balaban J connectivity index is 2.01. The van der Waals surface area contributed by atoms with Gasteiger partial charge in [0.05, 0.1) is 15.8 Å². The van der Waals surface area contributed by atoms with Crippen molar-refractivity contribution in [3.05, 3.63) is 58.3 Å². The summed E-state index contributed by atoms with van der Waals surface area (Å²) in [6, 6.07) is 11.8. The Hall–Kier alpha value is -1.79. The highest BCUT2D eigenvalue weighted by molar-refractivity contribution is 9.10. The molecule has 0 bridgehead atoms. The summed E-state index contributed by atoms with van der Waals surface area (Å²) >= 11 is 4.71. The fourth-order valence-corrected chi connectivity index (χ4v) is 3.70. The smallest absolute Gasteiger partial charge is 0.261 e. The average molecular weight is 379 g/mol. The zero-order chi connectivity index (χ0) is 15.7. The van der Waals surface area contributed by atoms with Crippen molar-refractivity contribution in [3.63, 3.8) is 0 Å². The molecule has 22 heavy (non-hydrogen) atoms. The molecule has 0 aliphatic heterocycles. The van der Waals surface area contributed by atoms with Crippen LogP contribution in [-0.4, -0.2) is 17.4 Å². The molecule has 0 unspecified atom stereocenters. The minimum absolute atomic E-state index is 0.201. The Kier molecular flexibility index (Phi) is 4.22. The van der Waals surface area contributed by atoms with Crippen LogP contribution in [-0.2, 0) is 0 Å². The van der Waals surface area contributed by atoms with Crippen LogP contribution in [0.2, 0.25) is 0 Å². The van der Waals surface area contributed by atoms with Crippen LogP contribution in [0.4, 0.5) is 9.52 Å². The van der Waals surface area contributed by atoms with Gasteiger partial charge in [0.15, 0.2) is 5.13 Å². The second kappa shape index (κ2) is 6.14. The number of benzene rings is 2. The molecule has 2 aromatic carbocycles. The fraction of sp³-hybridized carbons (Fsp3) is 0.125. The van der Waals surface area contributed by atoms with Gasteiger partial charge in [-0.25, -0.2) is 9.37 Å². The Morgan fingerprint density at radius 1 is 1.32 bits per heavy atom. The van der Waals surface area contributed by atoms with Gasteiger partial charge in [0.1, 0.15) is 5.82 Å². The Morgan fingerprint density at radius 3 is 2.77 bits per heavy atom. The number of rotatable bonds is 3. The predicted octanol–water partition coefficient (Wildman–Crippen LogP) is 4.86. The lowest BCUT2D eigenvalue weighted by Gasteiger charge is -2.18. The third-order valence-electron chi connectivity index (χ3n) is 3.24. The van der Waals surface area contributed by atoms with Gasteiger partial charge in [-0.05, 0) is 53.2 Å². The minimum atomic E-state index is -0.383. The number of amides is 1. The Bertz CT molecular complexity index is 816. The topological polar surface area (TPSA) is 33.2 Å². The summed E-state index contributed by atoms with van der Waals surface area (Å²) in [7, 11) is 0. The van der Waals surface area contributed by atoms with E-state index in [1.807, 2.05) is 31.2 Å². The number of thiazole rings is 1.